The molecule has 6 heteroatoms. The molecular weight excluding hydrogens is 301 g/mol. The summed E-state index contributed by atoms with van der Waals surface area (Å²) >= 11 is 6.07. The van der Waals surface area contributed by atoms with Crippen molar-refractivity contribution >= 4 is 11.6 Å². The molecule has 0 saturated carbocycles. The number of aromatic nitrogens is 2. The third kappa shape index (κ3) is 3.18. The second-order valence-electron chi connectivity index (χ2n) is 4.79. The summed E-state index contributed by atoms with van der Waals surface area (Å²) in [4.78, 5) is 8.54. The van der Waals surface area contributed by atoms with Crippen LogP contribution >= 0.6 is 11.6 Å². The van der Waals surface area contributed by atoms with E-state index in [9.17, 15) is 13.2 Å². The lowest BCUT2D eigenvalue weighted by molar-refractivity contribution is -0.137. The molecule has 0 N–H and O–H groups in total. The van der Waals surface area contributed by atoms with Crippen LogP contribution in [0.15, 0.2) is 18.2 Å². The molecule has 0 aliphatic heterocycles. The van der Waals surface area contributed by atoms with Crippen LogP contribution in [-0.2, 0) is 12.6 Å². The van der Waals surface area contributed by atoms with Gasteiger partial charge in [-0.05, 0) is 31.5 Å². The number of hydrogen-bond acceptors (Lipinski definition) is 2. The van der Waals surface area contributed by atoms with Crippen molar-refractivity contribution in [2.24, 2.45) is 0 Å². The third-order valence-corrected chi connectivity index (χ3v) is 3.63. The molecule has 0 fully saturated rings. The summed E-state index contributed by atoms with van der Waals surface area (Å²) in [7, 11) is 0. The van der Waals surface area contributed by atoms with Gasteiger partial charge >= 0.3 is 6.18 Å². The second kappa shape index (κ2) is 5.64. The van der Waals surface area contributed by atoms with E-state index in [1.165, 1.54) is 6.07 Å². The Balaban J connectivity index is 2.60. The molecule has 2 aromatic rings. The first-order valence-corrected chi connectivity index (χ1v) is 6.83. The van der Waals surface area contributed by atoms with Crippen LogP contribution in [0.2, 0.25) is 5.15 Å². The van der Waals surface area contributed by atoms with Crippen molar-refractivity contribution in [2.45, 2.75) is 33.4 Å². The van der Waals surface area contributed by atoms with E-state index in [2.05, 4.69) is 9.97 Å². The molecule has 112 valence electrons. The zero-order chi connectivity index (χ0) is 15.8. The highest BCUT2D eigenvalue weighted by Gasteiger charge is 2.30. The van der Waals surface area contributed by atoms with E-state index >= 15 is 0 Å². The van der Waals surface area contributed by atoms with Gasteiger partial charge in [0, 0.05) is 17.5 Å². The molecule has 2 nitrogen and oxygen atoms in total. The summed E-state index contributed by atoms with van der Waals surface area (Å²) < 4.78 is 38.2. The van der Waals surface area contributed by atoms with E-state index in [1.807, 2.05) is 6.92 Å². The minimum atomic E-state index is -4.35. The van der Waals surface area contributed by atoms with Gasteiger partial charge < -0.3 is 0 Å². The number of hydrogen-bond donors (Lipinski definition) is 0. The minimum Gasteiger partial charge on any atom is -0.233 e. The van der Waals surface area contributed by atoms with Crippen molar-refractivity contribution in [2.75, 3.05) is 0 Å². The number of aryl methyl sites for hydroxylation is 2. The fourth-order valence-electron chi connectivity index (χ4n) is 2.06. The molecule has 1 heterocycles. The first-order chi connectivity index (χ1) is 9.74. The maximum Gasteiger partial charge on any atom is 0.416 e. The van der Waals surface area contributed by atoms with Crippen LogP contribution in [0.5, 0.6) is 0 Å². The smallest absolute Gasteiger partial charge is 0.233 e. The summed E-state index contributed by atoms with van der Waals surface area (Å²) in [6, 6.07) is 3.61. The van der Waals surface area contributed by atoms with Crippen LogP contribution in [0.3, 0.4) is 0 Å². The molecule has 0 saturated heterocycles. The zero-order valence-electron chi connectivity index (χ0n) is 11.8. The summed E-state index contributed by atoms with van der Waals surface area (Å²) in [5, 5.41) is 0.330. The molecule has 1 aromatic carbocycles. The summed E-state index contributed by atoms with van der Waals surface area (Å²) in [5.74, 6) is 0.569. The Kier molecular flexibility index (Phi) is 4.23. The van der Waals surface area contributed by atoms with E-state index in [0.717, 1.165) is 12.1 Å². The lowest BCUT2D eigenvalue weighted by Crippen LogP contribution is -2.06. The van der Waals surface area contributed by atoms with Gasteiger partial charge in [-0.15, -0.1) is 0 Å². The Morgan fingerprint density at radius 1 is 1.14 bits per heavy atom. The molecule has 0 unspecified atom stereocenters. The van der Waals surface area contributed by atoms with Gasteiger partial charge in [-0.2, -0.15) is 13.2 Å². The number of alkyl halides is 3. The standard InChI is InChI=1S/C15H14ClF3N2/c1-4-12-20-13(9(3)14(16)21-12)11-6-5-10(7-8(11)2)15(17,18)19/h5-7H,4H2,1-3H3. The Labute approximate surface area is 126 Å². The van der Waals surface area contributed by atoms with Crippen LogP contribution < -0.4 is 0 Å². The fraction of sp³-hybridized carbons (Fsp3) is 0.333. The summed E-state index contributed by atoms with van der Waals surface area (Å²) in [5.41, 5.74) is 1.72. The zero-order valence-corrected chi connectivity index (χ0v) is 12.6. The molecule has 1 aromatic heterocycles. The Hall–Kier alpha value is -1.62. The van der Waals surface area contributed by atoms with Gasteiger partial charge in [-0.1, -0.05) is 24.6 Å². The average Bonchev–Trinajstić information content (AvgIpc) is 2.41. The molecule has 21 heavy (non-hydrogen) atoms. The summed E-state index contributed by atoms with van der Waals surface area (Å²) in [6.07, 6.45) is -3.75. The van der Waals surface area contributed by atoms with Gasteiger partial charge in [-0.25, -0.2) is 9.97 Å². The van der Waals surface area contributed by atoms with E-state index < -0.39 is 11.7 Å². The Morgan fingerprint density at radius 2 is 1.81 bits per heavy atom. The average molecular weight is 315 g/mol. The first kappa shape index (κ1) is 15.8. The minimum absolute atomic E-state index is 0.330. The highest BCUT2D eigenvalue weighted by Crippen LogP contribution is 2.34. The molecule has 0 bridgehead atoms. The van der Waals surface area contributed by atoms with Crippen molar-refractivity contribution < 1.29 is 13.2 Å². The van der Waals surface area contributed by atoms with Crippen LogP contribution in [0.4, 0.5) is 13.2 Å². The molecule has 0 aliphatic rings. The number of benzene rings is 1. The maximum atomic E-state index is 12.7. The maximum absolute atomic E-state index is 12.7. The fourth-order valence-corrected chi connectivity index (χ4v) is 2.25. The van der Waals surface area contributed by atoms with Gasteiger partial charge in [0.1, 0.15) is 11.0 Å². The highest BCUT2D eigenvalue weighted by atomic mass is 35.5. The number of rotatable bonds is 2. The molecule has 0 amide bonds. The largest absolute Gasteiger partial charge is 0.416 e. The predicted molar refractivity (Wildman–Crippen MR) is 76.3 cm³/mol. The van der Waals surface area contributed by atoms with Crippen molar-refractivity contribution in [3.63, 3.8) is 0 Å². The molecule has 0 radical (unpaired) electrons. The highest BCUT2D eigenvalue weighted by molar-refractivity contribution is 6.30. The molecular formula is C15H14ClF3N2. The quantitative estimate of drug-likeness (QED) is 0.729. The van der Waals surface area contributed by atoms with Crippen LogP contribution in [-0.4, -0.2) is 9.97 Å². The van der Waals surface area contributed by atoms with E-state index in [-0.39, 0.29) is 0 Å². The topological polar surface area (TPSA) is 25.8 Å². The van der Waals surface area contributed by atoms with Crippen LogP contribution in [0.25, 0.3) is 11.3 Å². The lowest BCUT2D eigenvalue weighted by Gasteiger charge is -2.13. The van der Waals surface area contributed by atoms with Crippen molar-refractivity contribution in [1.29, 1.82) is 0 Å². The molecule has 2 rings (SSSR count). The molecule has 0 spiro atoms. The number of halogens is 4. The molecule has 0 aliphatic carbocycles. The van der Waals surface area contributed by atoms with Crippen LogP contribution in [0, 0.1) is 13.8 Å². The van der Waals surface area contributed by atoms with E-state index in [0.29, 0.717) is 39.8 Å². The van der Waals surface area contributed by atoms with Gasteiger partial charge in [0.2, 0.25) is 0 Å². The SMILES string of the molecule is CCc1nc(Cl)c(C)c(-c2ccc(C(F)(F)F)cc2C)n1. The van der Waals surface area contributed by atoms with Gasteiger partial charge in [0.25, 0.3) is 0 Å². The second-order valence-corrected chi connectivity index (χ2v) is 5.14. The molecule has 0 atom stereocenters. The van der Waals surface area contributed by atoms with Crippen LogP contribution in [0.1, 0.15) is 29.4 Å². The summed E-state index contributed by atoms with van der Waals surface area (Å²) in [6.45, 7) is 5.28. The normalized spacial score (nSPS) is 11.8. The monoisotopic (exact) mass is 314 g/mol. The number of nitrogens with zero attached hydrogens (tertiary/aromatic N) is 2. The van der Waals surface area contributed by atoms with Gasteiger partial charge in [-0.3, -0.25) is 0 Å². The Bertz CT molecular complexity index is 681. The van der Waals surface area contributed by atoms with Crippen molar-refractivity contribution in [3.05, 3.63) is 45.9 Å². The van der Waals surface area contributed by atoms with Crippen molar-refractivity contribution in [1.82, 2.24) is 9.97 Å². The first-order valence-electron chi connectivity index (χ1n) is 6.45. The third-order valence-electron chi connectivity index (χ3n) is 3.26. The van der Waals surface area contributed by atoms with E-state index in [4.69, 9.17) is 11.6 Å². The van der Waals surface area contributed by atoms with Gasteiger partial charge in [0.05, 0.1) is 11.3 Å². The Morgan fingerprint density at radius 3 is 2.33 bits per heavy atom. The lowest BCUT2D eigenvalue weighted by atomic mass is 10.00. The van der Waals surface area contributed by atoms with Gasteiger partial charge in [0.15, 0.2) is 0 Å². The van der Waals surface area contributed by atoms with Crippen molar-refractivity contribution in [3.8, 4) is 11.3 Å². The predicted octanol–water partition coefficient (Wildman–Crippen LogP) is 5.00. The van der Waals surface area contributed by atoms with E-state index in [1.54, 1.807) is 13.8 Å².